The summed E-state index contributed by atoms with van der Waals surface area (Å²) in [6, 6.07) is 37.3. The molecule has 6 nitrogen and oxygen atoms in total. The monoisotopic (exact) mass is 578 g/mol. The zero-order chi connectivity index (χ0) is 28.2. The van der Waals surface area contributed by atoms with Crippen LogP contribution in [0, 0.1) is 0 Å². The molecule has 4 aromatic rings. The SMILES string of the molecule is NC(NC1N=C(Cl)C=C(Cl)N1)c1ccc(C2=CC(c3ccc(-c4ccccc4)cc3)=NC(c3ccccc3)N2)cc1. The number of rotatable bonds is 7. The Balaban J connectivity index is 1.26. The van der Waals surface area contributed by atoms with Crippen LogP contribution in [0.25, 0.3) is 16.8 Å². The van der Waals surface area contributed by atoms with Crippen molar-refractivity contribution in [3.8, 4) is 11.1 Å². The average molecular weight is 580 g/mol. The standard InChI is InChI=1S/C33H28Cl2N6/c34-29-20-30(35)40-33(39-29)41-31(36)25-17-15-24(16-18-25)28-19-27(37-32(38-28)26-9-5-2-6-10-26)23-13-11-22(12-14-23)21-7-3-1-4-8-21/h1-20,31-33,38-39,41H,36H2. The van der Waals surface area contributed by atoms with E-state index in [4.69, 9.17) is 33.9 Å². The van der Waals surface area contributed by atoms with Gasteiger partial charge in [0.25, 0.3) is 0 Å². The summed E-state index contributed by atoms with van der Waals surface area (Å²) < 4.78 is 0. The minimum Gasteiger partial charge on any atom is -0.360 e. The van der Waals surface area contributed by atoms with Crippen LogP contribution in [-0.4, -0.2) is 17.2 Å². The second-order valence-electron chi connectivity index (χ2n) is 9.73. The average Bonchev–Trinajstić information content (AvgIpc) is 3.01. The van der Waals surface area contributed by atoms with Crippen LogP contribution in [0.15, 0.2) is 136 Å². The quantitative estimate of drug-likeness (QED) is 0.146. The lowest BCUT2D eigenvalue weighted by Crippen LogP contribution is -2.46. The van der Waals surface area contributed by atoms with E-state index in [9.17, 15) is 0 Å². The van der Waals surface area contributed by atoms with E-state index in [1.165, 1.54) is 11.1 Å². The smallest absolute Gasteiger partial charge is 0.177 e. The number of benzene rings is 4. The summed E-state index contributed by atoms with van der Waals surface area (Å²) in [5.41, 5.74) is 14.7. The Bertz CT molecular complexity index is 1630. The molecule has 0 bridgehead atoms. The van der Waals surface area contributed by atoms with Crippen molar-refractivity contribution in [1.82, 2.24) is 16.0 Å². The second-order valence-corrected chi connectivity index (χ2v) is 10.5. The molecule has 0 saturated heterocycles. The van der Waals surface area contributed by atoms with Crippen LogP contribution >= 0.6 is 23.2 Å². The molecular formula is C33H28Cl2N6. The molecule has 41 heavy (non-hydrogen) atoms. The van der Waals surface area contributed by atoms with E-state index in [1.54, 1.807) is 6.08 Å². The van der Waals surface area contributed by atoms with Crippen molar-refractivity contribution in [2.45, 2.75) is 18.6 Å². The van der Waals surface area contributed by atoms with E-state index >= 15 is 0 Å². The maximum atomic E-state index is 6.42. The van der Waals surface area contributed by atoms with Crippen LogP contribution in [-0.2, 0) is 0 Å². The first-order valence-corrected chi connectivity index (χ1v) is 14.0. The van der Waals surface area contributed by atoms with Gasteiger partial charge in [0.2, 0.25) is 0 Å². The van der Waals surface area contributed by atoms with Crippen molar-refractivity contribution in [3.05, 3.63) is 149 Å². The van der Waals surface area contributed by atoms with Gasteiger partial charge in [0, 0.05) is 11.8 Å². The number of allylic oxidation sites excluding steroid dienone is 2. The molecule has 204 valence electrons. The van der Waals surface area contributed by atoms with E-state index in [-0.39, 0.29) is 6.17 Å². The first kappa shape index (κ1) is 27.0. The number of aliphatic imine (C=N–C) groups is 2. The van der Waals surface area contributed by atoms with Crippen molar-refractivity contribution < 1.29 is 0 Å². The van der Waals surface area contributed by atoms with Crippen LogP contribution in [0.2, 0.25) is 0 Å². The zero-order valence-electron chi connectivity index (χ0n) is 22.0. The topological polar surface area (TPSA) is 86.8 Å². The van der Waals surface area contributed by atoms with Gasteiger partial charge < -0.3 is 16.4 Å². The summed E-state index contributed by atoms with van der Waals surface area (Å²) in [4.78, 5) is 9.35. The van der Waals surface area contributed by atoms with Gasteiger partial charge in [0.1, 0.15) is 16.5 Å². The van der Waals surface area contributed by atoms with Crippen molar-refractivity contribution in [2.24, 2.45) is 15.7 Å². The lowest BCUT2D eigenvalue weighted by Gasteiger charge is -2.26. The van der Waals surface area contributed by atoms with Crippen molar-refractivity contribution in [2.75, 3.05) is 0 Å². The Labute approximate surface area is 249 Å². The highest BCUT2D eigenvalue weighted by Gasteiger charge is 2.21. The van der Waals surface area contributed by atoms with Crippen molar-refractivity contribution in [1.29, 1.82) is 0 Å². The fourth-order valence-corrected chi connectivity index (χ4v) is 5.27. The fraction of sp³-hybridized carbons (Fsp3) is 0.0909. The molecule has 2 aliphatic heterocycles. The first-order valence-electron chi connectivity index (χ1n) is 13.3. The molecule has 0 aliphatic carbocycles. The predicted molar refractivity (Wildman–Crippen MR) is 169 cm³/mol. The molecule has 0 amide bonds. The minimum absolute atomic E-state index is 0.221. The second kappa shape index (κ2) is 12.1. The normalized spacial score (nSPS) is 19.1. The fourth-order valence-electron chi connectivity index (χ4n) is 4.80. The van der Waals surface area contributed by atoms with Crippen LogP contribution in [0.3, 0.4) is 0 Å². The van der Waals surface area contributed by atoms with E-state index < -0.39 is 12.5 Å². The third kappa shape index (κ3) is 6.42. The molecule has 3 unspecified atom stereocenters. The third-order valence-electron chi connectivity index (χ3n) is 6.94. The molecular weight excluding hydrogens is 551 g/mol. The van der Waals surface area contributed by atoms with Gasteiger partial charge in [-0.25, -0.2) is 4.99 Å². The van der Waals surface area contributed by atoms with Gasteiger partial charge >= 0.3 is 0 Å². The van der Waals surface area contributed by atoms with Gasteiger partial charge in [-0.1, -0.05) is 132 Å². The Hall–Kier alpha value is -4.20. The third-order valence-corrected chi connectivity index (χ3v) is 7.36. The highest BCUT2D eigenvalue weighted by molar-refractivity contribution is 6.69. The van der Waals surface area contributed by atoms with Gasteiger partial charge in [-0.15, -0.1) is 0 Å². The Kier molecular flexibility index (Phi) is 7.98. The van der Waals surface area contributed by atoms with E-state index in [0.717, 1.165) is 33.7 Å². The summed E-state index contributed by atoms with van der Waals surface area (Å²) in [6.07, 6.45) is 2.42. The molecule has 5 N–H and O–H groups in total. The Morgan fingerprint density at radius 2 is 1.27 bits per heavy atom. The van der Waals surface area contributed by atoms with Crippen molar-refractivity contribution in [3.63, 3.8) is 0 Å². The predicted octanol–water partition coefficient (Wildman–Crippen LogP) is 6.64. The molecule has 3 atom stereocenters. The number of halogens is 2. The number of nitrogens with zero attached hydrogens (tertiary/aromatic N) is 2. The summed E-state index contributed by atoms with van der Waals surface area (Å²) in [5.74, 6) is 0. The molecule has 6 rings (SSSR count). The maximum Gasteiger partial charge on any atom is 0.177 e. The molecule has 0 radical (unpaired) electrons. The first-order chi connectivity index (χ1) is 20.0. The van der Waals surface area contributed by atoms with Crippen LogP contribution in [0.1, 0.15) is 34.6 Å². The summed E-state index contributed by atoms with van der Waals surface area (Å²) in [6.45, 7) is 0. The molecule has 2 heterocycles. The molecule has 0 saturated carbocycles. The lowest BCUT2D eigenvalue weighted by atomic mass is 9.99. The lowest BCUT2D eigenvalue weighted by molar-refractivity contribution is 0.418. The summed E-state index contributed by atoms with van der Waals surface area (Å²) >= 11 is 12.1. The summed E-state index contributed by atoms with van der Waals surface area (Å²) in [7, 11) is 0. The highest BCUT2D eigenvalue weighted by atomic mass is 35.5. The summed E-state index contributed by atoms with van der Waals surface area (Å²) in [5, 5.41) is 10.5. The maximum absolute atomic E-state index is 6.42. The molecule has 2 aliphatic rings. The van der Waals surface area contributed by atoms with Crippen LogP contribution < -0.4 is 21.7 Å². The number of hydrogen-bond donors (Lipinski definition) is 4. The number of nitrogens with one attached hydrogen (secondary N) is 3. The van der Waals surface area contributed by atoms with Gasteiger partial charge in [0.05, 0.1) is 11.9 Å². The van der Waals surface area contributed by atoms with Gasteiger partial charge in [-0.05, 0) is 39.5 Å². The van der Waals surface area contributed by atoms with Crippen molar-refractivity contribution >= 4 is 39.8 Å². The Morgan fingerprint density at radius 1 is 0.659 bits per heavy atom. The van der Waals surface area contributed by atoms with E-state index in [1.807, 2.05) is 36.4 Å². The van der Waals surface area contributed by atoms with Crippen LogP contribution in [0.5, 0.6) is 0 Å². The largest absolute Gasteiger partial charge is 0.360 e. The minimum atomic E-state index is -0.518. The van der Waals surface area contributed by atoms with Gasteiger partial charge in [-0.3, -0.25) is 10.3 Å². The molecule has 4 aromatic carbocycles. The van der Waals surface area contributed by atoms with Gasteiger partial charge in [-0.2, -0.15) is 0 Å². The molecule has 0 spiro atoms. The zero-order valence-corrected chi connectivity index (χ0v) is 23.5. The number of nitrogens with two attached hydrogens (primary N) is 1. The molecule has 8 heteroatoms. The van der Waals surface area contributed by atoms with E-state index in [2.05, 4.69) is 99.8 Å². The van der Waals surface area contributed by atoms with Gasteiger partial charge in [0.15, 0.2) is 6.29 Å². The van der Waals surface area contributed by atoms with Crippen LogP contribution in [0.4, 0.5) is 0 Å². The molecule has 0 aromatic heterocycles. The number of hydrogen-bond acceptors (Lipinski definition) is 6. The highest BCUT2D eigenvalue weighted by Crippen LogP contribution is 2.28. The molecule has 0 fully saturated rings. The Morgan fingerprint density at radius 3 is 1.95 bits per heavy atom. The van der Waals surface area contributed by atoms with E-state index in [0.29, 0.717) is 10.3 Å².